The highest BCUT2D eigenvalue weighted by molar-refractivity contribution is 6.32. The van der Waals surface area contributed by atoms with Crippen molar-refractivity contribution in [3.05, 3.63) is 38.9 Å². The molecule has 84 valence electrons. The van der Waals surface area contributed by atoms with E-state index in [2.05, 4.69) is 0 Å². The highest BCUT2D eigenvalue weighted by Gasteiger charge is 2.17. The molecule has 1 aromatic rings. The molecule has 1 rings (SSSR count). The van der Waals surface area contributed by atoms with Gasteiger partial charge in [0, 0.05) is 17.7 Å². The summed E-state index contributed by atoms with van der Waals surface area (Å²) in [5.41, 5.74) is 0.193. The fraction of sp³-hybridized carbons (Fsp3) is 0.100. The SMILES string of the molecule is COc1cc(Cl)c(C=CC=O)cc1[N+](=O)[O-]. The van der Waals surface area contributed by atoms with Gasteiger partial charge in [0.15, 0.2) is 5.75 Å². The fourth-order valence-electron chi connectivity index (χ4n) is 1.14. The molecule has 0 aliphatic heterocycles. The van der Waals surface area contributed by atoms with E-state index < -0.39 is 4.92 Å². The number of benzene rings is 1. The zero-order valence-electron chi connectivity index (χ0n) is 8.34. The third-order valence-corrected chi connectivity index (χ3v) is 2.18. The zero-order valence-corrected chi connectivity index (χ0v) is 9.10. The molecule has 1 aromatic carbocycles. The summed E-state index contributed by atoms with van der Waals surface area (Å²) in [6.07, 6.45) is 3.16. The summed E-state index contributed by atoms with van der Waals surface area (Å²) in [6.45, 7) is 0. The summed E-state index contributed by atoms with van der Waals surface area (Å²) in [5.74, 6) is 0.0817. The number of halogens is 1. The number of nitro groups is 1. The molecule has 0 unspecified atom stereocenters. The van der Waals surface area contributed by atoms with Gasteiger partial charge in [0.2, 0.25) is 0 Å². The van der Waals surface area contributed by atoms with Crippen LogP contribution in [0.3, 0.4) is 0 Å². The van der Waals surface area contributed by atoms with Crippen LogP contribution in [0.5, 0.6) is 5.75 Å². The largest absolute Gasteiger partial charge is 0.490 e. The van der Waals surface area contributed by atoms with Gasteiger partial charge in [0.1, 0.15) is 6.29 Å². The molecule has 0 bridgehead atoms. The van der Waals surface area contributed by atoms with Gasteiger partial charge in [-0.05, 0) is 12.2 Å². The van der Waals surface area contributed by atoms with E-state index in [4.69, 9.17) is 16.3 Å². The van der Waals surface area contributed by atoms with Crippen molar-refractivity contribution in [3.63, 3.8) is 0 Å². The van der Waals surface area contributed by atoms with E-state index in [9.17, 15) is 14.9 Å². The molecule has 0 fully saturated rings. The Bertz CT molecular complexity index is 456. The summed E-state index contributed by atoms with van der Waals surface area (Å²) < 4.78 is 4.83. The molecule has 0 saturated heterocycles. The molecule has 0 amide bonds. The Labute approximate surface area is 96.4 Å². The van der Waals surface area contributed by atoms with E-state index in [-0.39, 0.29) is 16.5 Å². The van der Waals surface area contributed by atoms with Crippen molar-refractivity contribution in [2.45, 2.75) is 0 Å². The van der Waals surface area contributed by atoms with Gasteiger partial charge in [-0.25, -0.2) is 0 Å². The predicted molar refractivity (Wildman–Crippen MR) is 59.8 cm³/mol. The topological polar surface area (TPSA) is 69.4 Å². The van der Waals surface area contributed by atoms with Crippen molar-refractivity contribution in [2.75, 3.05) is 7.11 Å². The van der Waals surface area contributed by atoms with Crippen LogP contribution in [-0.4, -0.2) is 18.3 Å². The van der Waals surface area contributed by atoms with E-state index in [1.807, 2.05) is 0 Å². The first-order chi connectivity index (χ1) is 7.60. The molecule has 0 atom stereocenters. The maximum atomic E-state index is 10.7. The minimum Gasteiger partial charge on any atom is -0.490 e. The quantitative estimate of drug-likeness (QED) is 0.351. The van der Waals surface area contributed by atoms with Crippen LogP contribution in [0.25, 0.3) is 6.08 Å². The van der Waals surface area contributed by atoms with Crippen molar-refractivity contribution >= 4 is 29.7 Å². The van der Waals surface area contributed by atoms with E-state index in [0.717, 1.165) is 0 Å². The lowest BCUT2D eigenvalue weighted by molar-refractivity contribution is -0.385. The smallest absolute Gasteiger partial charge is 0.311 e. The van der Waals surface area contributed by atoms with Gasteiger partial charge in [0.25, 0.3) is 0 Å². The van der Waals surface area contributed by atoms with Crippen LogP contribution in [0.15, 0.2) is 18.2 Å². The Hall–Kier alpha value is -1.88. The summed E-state index contributed by atoms with van der Waals surface area (Å²) >= 11 is 5.85. The number of methoxy groups -OCH3 is 1. The first-order valence-corrected chi connectivity index (χ1v) is 4.61. The lowest BCUT2D eigenvalue weighted by atomic mass is 10.1. The third-order valence-electron chi connectivity index (χ3n) is 1.85. The molecular weight excluding hydrogens is 234 g/mol. The average molecular weight is 242 g/mol. The highest BCUT2D eigenvalue weighted by Crippen LogP contribution is 2.33. The second-order valence-electron chi connectivity index (χ2n) is 2.80. The van der Waals surface area contributed by atoms with Gasteiger partial charge in [-0.3, -0.25) is 14.9 Å². The molecule has 0 N–H and O–H groups in total. The summed E-state index contributed by atoms with van der Waals surface area (Å²) in [5, 5.41) is 11.0. The lowest BCUT2D eigenvalue weighted by Gasteiger charge is -2.04. The number of hydrogen-bond donors (Lipinski definition) is 0. The Morgan fingerprint density at radius 3 is 2.69 bits per heavy atom. The van der Waals surface area contributed by atoms with Crippen molar-refractivity contribution in [1.29, 1.82) is 0 Å². The number of carbonyl (C=O) groups is 1. The molecule has 16 heavy (non-hydrogen) atoms. The second-order valence-corrected chi connectivity index (χ2v) is 3.21. The van der Waals surface area contributed by atoms with Gasteiger partial charge in [0.05, 0.1) is 17.1 Å². The molecular formula is C10H8ClNO4. The average Bonchev–Trinajstić information content (AvgIpc) is 2.26. The maximum Gasteiger partial charge on any atom is 0.311 e. The van der Waals surface area contributed by atoms with Crippen molar-refractivity contribution in [2.24, 2.45) is 0 Å². The van der Waals surface area contributed by atoms with E-state index in [1.54, 1.807) is 0 Å². The summed E-state index contributed by atoms with van der Waals surface area (Å²) in [4.78, 5) is 20.3. The Kier molecular flexibility index (Phi) is 4.02. The van der Waals surface area contributed by atoms with Gasteiger partial charge in [-0.15, -0.1) is 0 Å². The van der Waals surface area contributed by atoms with E-state index >= 15 is 0 Å². The van der Waals surface area contributed by atoms with Crippen molar-refractivity contribution in [1.82, 2.24) is 0 Å². The molecule has 0 saturated carbocycles. The molecule has 0 aliphatic rings. The van der Waals surface area contributed by atoms with Crippen LogP contribution < -0.4 is 4.74 Å². The molecule has 0 radical (unpaired) electrons. The molecule has 0 aromatic heterocycles. The number of aldehydes is 1. The Morgan fingerprint density at radius 2 is 2.19 bits per heavy atom. The molecule has 5 nitrogen and oxygen atoms in total. The van der Waals surface area contributed by atoms with Crippen molar-refractivity contribution in [3.8, 4) is 5.75 Å². The van der Waals surface area contributed by atoms with Gasteiger partial charge >= 0.3 is 5.69 Å². The van der Waals surface area contributed by atoms with E-state index in [0.29, 0.717) is 11.8 Å². The molecule has 0 aliphatic carbocycles. The second kappa shape index (κ2) is 5.27. The number of allylic oxidation sites excluding steroid dienone is 1. The number of nitrogens with zero attached hydrogens (tertiary/aromatic N) is 1. The molecule has 0 heterocycles. The predicted octanol–water partition coefficient (Wildman–Crippen LogP) is 2.47. The third kappa shape index (κ3) is 2.58. The van der Waals surface area contributed by atoms with Crippen LogP contribution in [-0.2, 0) is 4.79 Å². The minimum absolute atomic E-state index is 0.0817. The standard InChI is InChI=1S/C10H8ClNO4/c1-16-10-6-8(11)7(3-2-4-13)5-9(10)12(14)15/h2-6H,1H3. The number of rotatable bonds is 4. The van der Waals surface area contributed by atoms with Crippen LogP contribution in [0.4, 0.5) is 5.69 Å². The minimum atomic E-state index is -0.576. The highest BCUT2D eigenvalue weighted by atomic mass is 35.5. The van der Waals surface area contributed by atoms with Gasteiger partial charge in [-0.1, -0.05) is 11.6 Å². The van der Waals surface area contributed by atoms with E-state index in [1.165, 1.54) is 31.4 Å². The monoisotopic (exact) mass is 241 g/mol. The number of nitro benzene ring substituents is 1. The summed E-state index contributed by atoms with van der Waals surface area (Å²) in [7, 11) is 1.32. The molecule has 0 spiro atoms. The van der Waals surface area contributed by atoms with Gasteiger partial charge in [-0.2, -0.15) is 0 Å². The van der Waals surface area contributed by atoms with Crippen LogP contribution in [0.2, 0.25) is 5.02 Å². The number of carbonyl (C=O) groups excluding carboxylic acids is 1. The number of hydrogen-bond acceptors (Lipinski definition) is 4. The number of ether oxygens (including phenoxy) is 1. The molecule has 6 heteroatoms. The normalized spacial score (nSPS) is 10.4. The Morgan fingerprint density at radius 1 is 1.50 bits per heavy atom. The van der Waals surface area contributed by atoms with Crippen LogP contribution >= 0.6 is 11.6 Å². The van der Waals surface area contributed by atoms with Crippen LogP contribution in [0, 0.1) is 10.1 Å². The maximum absolute atomic E-state index is 10.7. The van der Waals surface area contributed by atoms with Gasteiger partial charge < -0.3 is 4.74 Å². The lowest BCUT2D eigenvalue weighted by Crippen LogP contribution is -1.94. The first kappa shape index (κ1) is 12.2. The van der Waals surface area contributed by atoms with Crippen LogP contribution in [0.1, 0.15) is 5.56 Å². The summed E-state index contributed by atoms with van der Waals surface area (Å²) in [6, 6.07) is 2.59. The van der Waals surface area contributed by atoms with Crippen molar-refractivity contribution < 1.29 is 14.5 Å². The zero-order chi connectivity index (χ0) is 12.1. The fourth-order valence-corrected chi connectivity index (χ4v) is 1.35. The Balaban J connectivity index is 3.32. The first-order valence-electron chi connectivity index (χ1n) is 4.24.